The number of H-pyrrole nitrogens is 1. The van der Waals surface area contributed by atoms with E-state index < -0.39 is 12.0 Å². The van der Waals surface area contributed by atoms with Crippen molar-refractivity contribution in [1.29, 1.82) is 0 Å². The molecule has 5 nitrogen and oxygen atoms in total. The number of fused-ring (bicyclic) bond motifs is 1. The lowest BCUT2D eigenvalue weighted by molar-refractivity contribution is -0.139. The lowest BCUT2D eigenvalue weighted by Crippen LogP contribution is -2.38. The second kappa shape index (κ2) is 9.85. The van der Waals surface area contributed by atoms with Crippen molar-refractivity contribution < 1.29 is 19.0 Å². The summed E-state index contributed by atoms with van der Waals surface area (Å²) in [6.45, 7) is 0.631. The van der Waals surface area contributed by atoms with Crippen LogP contribution in [0.5, 0.6) is 5.75 Å². The lowest BCUT2D eigenvalue weighted by Gasteiger charge is -2.15. The maximum absolute atomic E-state index is 13.1. The number of hydrogen-bond donors (Lipinski definition) is 3. The number of halogens is 2. The molecule has 0 spiro atoms. The second-order valence-corrected chi connectivity index (χ2v) is 7.91. The molecule has 7 heteroatoms. The van der Waals surface area contributed by atoms with Crippen molar-refractivity contribution >= 4 is 28.5 Å². The van der Waals surface area contributed by atoms with E-state index in [0.29, 0.717) is 29.3 Å². The highest BCUT2D eigenvalue weighted by Crippen LogP contribution is 2.21. The number of carboxylic acid groups (broad SMARTS) is 1. The van der Waals surface area contributed by atoms with E-state index in [1.165, 1.54) is 12.1 Å². The number of rotatable bonds is 9. The summed E-state index contributed by atoms with van der Waals surface area (Å²) < 4.78 is 18.9. The number of para-hydroxylation sites is 1. The maximum atomic E-state index is 13.1. The van der Waals surface area contributed by atoms with E-state index in [4.69, 9.17) is 16.3 Å². The highest BCUT2D eigenvalue weighted by molar-refractivity contribution is 6.31. The summed E-state index contributed by atoms with van der Waals surface area (Å²) >= 11 is 6.02. The average Bonchev–Trinajstić information content (AvgIpc) is 3.19. The molecule has 0 aliphatic heterocycles. The van der Waals surface area contributed by atoms with Gasteiger partial charge in [-0.3, -0.25) is 4.79 Å². The summed E-state index contributed by atoms with van der Waals surface area (Å²) in [5.74, 6) is -0.644. The lowest BCUT2D eigenvalue weighted by atomic mass is 10.0. The Bertz CT molecular complexity index is 1220. The summed E-state index contributed by atoms with van der Waals surface area (Å²) in [7, 11) is 0. The number of aliphatic carboxylic acids is 1. The third kappa shape index (κ3) is 5.28. The van der Waals surface area contributed by atoms with Crippen molar-refractivity contribution in [2.24, 2.45) is 0 Å². The van der Waals surface area contributed by atoms with Gasteiger partial charge in [-0.2, -0.15) is 0 Å². The van der Waals surface area contributed by atoms with Crippen LogP contribution >= 0.6 is 11.6 Å². The van der Waals surface area contributed by atoms with Crippen LogP contribution in [0.15, 0.2) is 72.9 Å². The summed E-state index contributed by atoms with van der Waals surface area (Å²) in [5, 5.41) is 14.1. The maximum Gasteiger partial charge on any atom is 0.321 e. The number of carbonyl (C=O) groups is 1. The number of benzene rings is 3. The van der Waals surface area contributed by atoms with Crippen LogP contribution in [0.2, 0.25) is 5.02 Å². The Hall–Kier alpha value is -3.35. The van der Waals surface area contributed by atoms with E-state index in [1.54, 1.807) is 6.07 Å². The third-order valence-electron chi connectivity index (χ3n) is 5.28. The average molecular weight is 453 g/mol. The molecule has 1 heterocycles. The molecule has 0 aliphatic rings. The quantitative estimate of drug-likeness (QED) is 0.321. The van der Waals surface area contributed by atoms with Crippen molar-refractivity contribution in [2.45, 2.75) is 25.6 Å². The summed E-state index contributed by atoms with van der Waals surface area (Å²) in [4.78, 5) is 15.0. The molecule has 3 aromatic carbocycles. The van der Waals surface area contributed by atoms with Gasteiger partial charge in [-0.25, -0.2) is 4.39 Å². The first-order chi connectivity index (χ1) is 15.5. The molecule has 0 unspecified atom stereocenters. The molecule has 1 atom stereocenters. The number of hydrogen-bond acceptors (Lipinski definition) is 3. The van der Waals surface area contributed by atoms with Crippen LogP contribution in [0.4, 0.5) is 4.39 Å². The molecule has 0 saturated carbocycles. The van der Waals surface area contributed by atoms with Crippen LogP contribution in [0.25, 0.3) is 10.9 Å². The van der Waals surface area contributed by atoms with Gasteiger partial charge in [-0.05, 0) is 41.5 Å². The second-order valence-electron chi connectivity index (χ2n) is 7.50. The fourth-order valence-corrected chi connectivity index (χ4v) is 3.73. The Balaban J connectivity index is 1.34. The molecular formula is C25H22ClFN2O3. The predicted octanol–water partition coefficient (Wildman–Crippen LogP) is 5.32. The van der Waals surface area contributed by atoms with Crippen LogP contribution in [-0.4, -0.2) is 22.1 Å². The van der Waals surface area contributed by atoms with Gasteiger partial charge >= 0.3 is 5.97 Å². The minimum atomic E-state index is -0.897. The first-order valence-electron chi connectivity index (χ1n) is 10.2. The monoisotopic (exact) mass is 452 g/mol. The van der Waals surface area contributed by atoms with E-state index in [9.17, 15) is 14.3 Å². The van der Waals surface area contributed by atoms with E-state index >= 15 is 0 Å². The van der Waals surface area contributed by atoms with Gasteiger partial charge in [0.05, 0.1) is 5.02 Å². The molecule has 164 valence electrons. The summed E-state index contributed by atoms with van der Waals surface area (Å²) in [5.41, 5.74) is 3.58. The molecule has 4 aromatic rings. The number of aromatic amines is 1. The highest BCUT2D eigenvalue weighted by Gasteiger charge is 2.19. The van der Waals surface area contributed by atoms with E-state index in [0.717, 1.165) is 22.0 Å². The van der Waals surface area contributed by atoms with Crippen molar-refractivity contribution in [3.63, 3.8) is 0 Å². The molecule has 0 amide bonds. The highest BCUT2D eigenvalue weighted by atomic mass is 35.5. The molecule has 3 N–H and O–H groups in total. The van der Waals surface area contributed by atoms with Crippen molar-refractivity contribution in [1.82, 2.24) is 10.3 Å². The van der Waals surface area contributed by atoms with Crippen LogP contribution in [0.1, 0.15) is 16.7 Å². The Morgan fingerprint density at radius 3 is 2.62 bits per heavy atom. The Morgan fingerprint density at radius 1 is 1.09 bits per heavy atom. The van der Waals surface area contributed by atoms with E-state index in [-0.39, 0.29) is 12.4 Å². The normalized spacial score (nSPS) is 12.1. The van der Waals surface area contributed by atoms with Gasteiger partial charge in [-0.15, -0.1) is 0 Å². The predicted molar refractivity (Wildman–Crippen MR) is 122 cm³/mol. The van der Waals surface area contributed by atoms with Gasteiger partial charge in [0.15, 0.2) is 0 Å². The molecule has 0 radical (unpaired) electrons. The largest absolute Gasteiger partial charge is 0.489 e. The van der Waals surface area contributed by atoms with Gasteiger partial charge < -0.3 is 20.1 Å². The molecular weight excluding hydrogens is 431 g/mol. The fraction of sp³-hybridized carbons (Fsp3) is 0.160. The molecule has 32 heavy (non-hydrogen) atoms. The molecule has 0 aliphatic carbocycles. The van der Waals surface area contributed by atoms with Crippen LogP contribution < -0.4 is 10.1 Å². The number of ether oxygens (including phenoxy) is 1. The summed E-state index contributed by atoms with van der Waals surface area (Å²) in [6.07, 6.45) is 2.24. The molecule has 0 saturated heterocycles. The van der Waals surface area contributed by atoms with Gasteiger partial charge in [-0.1, -0.05) is 48.0 Å². The van der Waals surface area contributed by atoms with Crippen LogP contribution in [0.3, 0.4) is 0 Å². The van der Waals surface area contributed by atoms with Crippen LogP contribution in [0, 0.1) is 5.82 Å². The Morgan fingerprint density at radius 2 is 1.88 bits per heavy atom. The zero-order chi connectivity index (χ0) is 22.5. The van der Waals surface area contributed by atoms with Gasteiger partial charge in [0.2, 0.25) is 0 Å². The van der Waals surface area contributed by atoms with Crippen molar-refractivity contribution in [3.8, 4) is 5.75 Å². The standard InChI is InChI=1S/C25H22ClFN2O3/c26-22-12-19(27)8-7-17(22)15-32-20-9-5-16(6-10-20)13-28-24(25(30)31)11-18-14-29-23-4-2-1-3-21(18)23/h1-10,12,14,24,28-29H,11,13,15H2,(H,30,31)/t24-/m1/s1. The number of nitrogens with one attached hydrogen (secondary N) is 2. The van der Waals surface area contributed by atoms with Gasteiger partial charge in [0.25, 0.3) is 0 Å². The summed E-state index contributed by atoms with van der Waals surface area (Å²) in [6, 6.07) is 18.7. The number of carboxylic acids is 1. The minimum Gasteiger partial charge on any atom is -0.489 e. The topological polar surface area (TPSA) is 74.3 Å². The SMILES string of the molecule is O=C(O)[C@@H](Cc1c[nH]c2ccccc12)NCc1ccc(OCc2ccc(F)cc2Cl)cc1. The van der Waals surface area contributed by atoms with E-state index in [1.807, 2.05) is 54.7 Å². The van der Waals surface area contributed by atoms with Gasteiger partial charge in [0, 0.05) is 35.6 Å². The third-order valence-corrected chi connectivity index (χ3v) is 5.63. The van der Waals surface area contributed by atoms with Crippen LogP contribution in [-0.2, 0) is 24.4 Å². The zero-order valence-corrected chi connectivity index (χ0v) is 17.9. The molecule has 0 bridgehead atoms. The van der Waals surface area contributed by atoms with Gasteiger partial charge in [0.1, 0.15) is 24.2 Å². The van der Waals surface area contributed by atoms with E-state index in [2.05, 4.69) is 10.3 Å². The molecule has 4 rings (SSSR count). The molecule has 1 aromatic heterocycles. The van der Waals surface area contributed by atoms with Crippen molar-refractivity contribution in [2.75, 3.05) is 0 Å². The smallest absolute Gasteiger partial charge is 0.321 e. The molecule has 0 fully saturated rings. The Kier molecular flexibility index (Phi) is 6.73. The fourth-order valence-electron chi connectivity index (χ4n) is 3.51. The Labute approximate surface area is 189 Å². The van der Waals surface area contributed by atoms with Crippen molar-refractivity contribution in [3.05, 3.63) is 100 Å². The first-order valence-corrected chi connectivity index (χ1v) is 10.5. The number of aromatic nitrogens is 1. The first kappa shape index (κ1) is 21.9. The minimum absolute atomic E-state index is 0.225. The zero-order valence-electron chi connectivity index (χ0n) is 17.1.